The van der Waals surface area contributed by atoms with Crippen molar-refractivity contribution in [3.63, 3.8) is 0 Å². The number of amides is 1. The van der Waals surface area contributed by atoms with Gasteiger partial charge in [0.1, 0.15) is 5.15 Å². The summed E-state index contributed by atoms with van der Waals surface area (Å²) in [6.07, 6.45) is 4.86. The Bertz CT molecular complexity index is 545. The van der Waals surface area contributed by atoms with E-state index in [9.17, 15) is 4.79 Å². The molecule has 0 spiro atoms. The molecule has 0 saturated carbocycles. The summed E-state index contributed by atoms with van der Waals surface area (Å²) in [6, 6.07) is 6.93. The SMILES string of the molecule is CCN(C(=O)c1cccnc1Cl)c1ccncc1. The molecule has 1 amide bonds. The fourth-order valence-electron chi connectivity index (χ4n) is 1.66. The first-order valence-corrected chi connectivity index (χ1v) is 5.94. The average molecular weight is 262 g/mol. The number of rotatable bonds is 3. The first-order valence-electron chi connectivity index (χ1n) is 5.56. The van der Waals surface area contributed by atoms with Crippen molar-refractivity contribution in [3.05, 3.63) is 53.6 Å². The van der Waals surface area contributed by atoms with Gasteiger partial charge < -0.3 is 4.90 Å². The summed E-state index contributed by atoms with van der Waals surface area (Å²) in [7, 11) is 0. The summed E-state index contributed by atoms with van der Waals surface area (Å²) in [5, 5.41) is 0.218. The predicted molar refractivity (Wildman–Crippen MR) is 70.8 cm³/mol. The van der Waals surface area contributed by atoms with Crippen LogP contribution in [0.2, 0.25) is 5.15 Å². The van der Waals surface area contributed by atoms with Crippen LogP contribution in [0.1, 0.15) is 17.3 Å². The Hall–Kier alpha value is -1.94. The second kappa shape index (κ2) is 5.60. The number of aromatic nitrogens is 2. The molecule has 0 fully saturated rings. The summed E-state index contributed by atoms with van der Waals surface area (Å²) in [5.74, 6) is -0.165. The van der Waals surface area contributed by atoms with Gasteiger partial charge in [0.2, 0.25) is 0 Å². The van der Waals surface area contributed by atoms with E-state index in [2.05, 4.69) is 9.97 Å². The summed E-state index contributed by atoms with van der Waals surface area (Å²) in [6.45, 7) is 2.46. The largest absolute Gasteiger partial charge is 0.308 e. The van der Waals surface area contributed by atoms with Gasteiger partial charge in [-0.25, -0.2) is 4.98 Å². The van der Waals surface area contributed by atoms with Gasteiger partial charge in [-0.3, -0.25) is 9.78 Å². The predicted octanol–water partition coefficient (Wildman–Crippen LogP) is 2.80. The Kier molecular flexibility index (Phi) is 3.89. The third kappa shape index (κ3) is 2.49. The molecule has 2 rings (SSSR count). The Morgan fingerprint density at radius 1 is 1.28 bits per heavy atom. The molecule has 4 nitrogen and oxygen atoms in total. The first-order chi connectivity index (χ1) is 8.74. The molecular formula is C13H12ClN3O. The number of carbonyl (C=O) groups excluding carboxylic acids is 1. The van der Waals surface area contributed by atoms with Gasteiger partial charge in [-0.05, 0) is 31.2 Å². The maximum Gasteiger partial charge on any atom is 0.261 e. The lowest BCUT2D eigenvalue weighted by Gasteiger charge is -2.21. The van der Waals surface area contributed by atoms with Crippen LogP contribution in [0.5, 0.6) is 0 Å². The zero-order valence-electron chi connectivity index (χ0n) is 9.88. The van der Waals surface area contributed by atoms with Crippen molar-refractivity contribution in [1.82, 2.24) is 9.97 Å². The molecule has 92 valence electrons. The number of carbonyl (C=O) groups is 1. The van der Waals surface area contributed by atoms with Gasteiger partial charge in [-0.15, -0.1) is 0 Å². The molecule has 0 aliphatic carbocycles. The summed E-state index contributed by atoms with van der Waals surface area (Å²) >= 11 is 5.94. The average Bonchev–Trinajstić information content (AvgIpc) is 2.41. The fourth-order valence-corrected chi connectivity index (χ4v) is 1.86. The third-order valence-corrected chi connectivity index (χ3v) is 2.83. The molecule has 0 unspecified atom stereocenters. The van der Waals surface area contributed by atoms with E-state index < -0.39 is 0 Å². The minimum atomic E-state index is -0.165. The minimum Gasteiger partial charge on any atom is -0.308 e. The van der Waals surface area contributed by atoms with Crippen molar-refractivity contribution in [2.24, 2.45) is 0 Å². The quantitative estimate of drug-likeness (QED) is 0.798. The molecule has 0 aromatic carbocycles. The van der Waals surface area contributed by atoms with Crippen LogP contribution in [0.25, 0.3) is 0 Å². The molecule has 0 saturated heterocycles. The van der Waals surface area contributed by atoms with Gasteiger partial charge in [0.15, 0.2) is 0 Å². The van der Waals surface area contributed by atoms with Crippen LogP contribution in [0, 0.1) is 0 Å². The lowest BCUT2D eigenvalue weighted by Crippen LogP contribution is -2.30. The second-order valence-corrected chi connectivity index (χ2v) is 3.95. The van der Waals surface area contributed by atoms with E-state index in [1.165, 1.54) is 0 Å². The highest BCUT2D eigenvalue weighted by molar-refractivity contribution is 6.33. The molecule has 5 heteroatoms. The Morgan fingerprint density at radius 2 is 2.00 bits per heavy atom. The maximum atomic E-state index is 12.4. The van der Waals surface area contributed by atoms with Crippen LogP contribution in [0.15, 0.2) is 42.9 Å². The normalized spacial score (nSPS) is 10.1. The fraction of sp³-hybridized carbons (Fsp3) is 0.154. The highest BCUT2D eigenvalue weighted by Gasteiger charge is 2.18. The van der Waals surface area contributed by atoms with Crippen molar-refractivity contribution in [2.75, 3.05) is 11.4 Å². The van der Waals surface area contributed by atoms with E-state index in [4.69, 9.17) is 11.6 Å². The van der Waals surface area contributed by atoms with Gasteiger partial charge in [0.25, 0.3) is 5.91 Å². The monoisotopic (exact) mass is 261 g/mol. The smallest absolute Gasteiger partial charge is 0.261 e. The Labute approximate surface area is 110 Å². The highest BCUT2D eigenvalue weighted by atomic mass is 35.5. The van der Waals surface area contributed by atoms with Crippen LogP contribution >= 0.6 is 11.6 Å². The number of hydrogen-bond acceptors (Lipinski definition) is 3. The van der Waals surface area contributed by atoms with Crippen molar-refractivity contribution < 1.29 is 4.79 Å². The minimum absolute atomic E-state index is 0.165. The number of hydrogen-bond donors (Lipinski definition) is 0. The van der Waals surface area contributed by atoms with Crippen molar-refractivity contribution in [2.45, 2.75) is 6.92 Å². The summed E-state index contributed by atoms with van der Waals surface area (Å²) in [5.41, 5.74) is 1.19. The molecule has 0 atom stereocenters. The zero-order valence-corrected chi connectivity index (χ0v) is 10.6. The lowest BCUT2D eigenvalue weighted by molar-refractivity contribution is 0.0988. The van der Waals surface area contributed by atoms with E-state index in [0.717, 1.165) is 5.69 Å². The first kappa shape index (κ1) is 12.5. The topological polar surface area (TPSA) is 46.1 Å². The van der Waals surface area contributed by atoms with Gasteiger partial charge >= 0.3 is 0 Å². The molecule has 18 heavy (non-hydrogen) atoms. The molecule has 0 N–H and O–H groups in total. The van der Waals surface area contributed by atoms with Crippen molar-refractivity contribution in [3.8, 4) is 0 Å². The van der Waals surface area contributed by atoms with E-state index in [0.29, 0.717) is 12.1 Å². The van der Waals surface area contributed by atoms with Crippen LogP contribution in [-0.4, -0.2) is 22.4 Å². The Morgan fingerprint density at radius 3 is 2.61 bits per heavy atom. The van der Waals surface area contributed by atoms with Crippen molar-refractivity contribution >= 4 is 23.2 Å². The zero-order chi connectivity index (χ0) is 13.0. The van der Waals surface area contributed by atoms with E-state index >= 15 is 0 Å². The van der Waals surface area contributed by atoms with Crippen LogP contribution in [0.3, 0.4) is 0 Å². The number of anilines is 1. The molecule has 0 radical (unpaired) electrons. The molecule has 2 heterocycles. The standard InChI is InChI=1S/C13H12ClN3O/c1-2-17(10-5-8-15-9-6-10)13(18)11-4-3-7-16-12(11)14/h3-9H,2H2,1H3. The molecule has 0 bridgehead atoms. The van der Waals surface area contributed by atoms with Crippen LogP contribution < -0.4 is 4.90 Å². The Balaban J connectivity index is 2.35. The highest BCUT2D eigenvalue weighted by Crippen LogP contribution is 2.19. The third-order valence-electron chi connectivity index (χ3n) is 2.53. The molecule has 2 aromatic rings. The van der Waals surface area contributed by atoms with E-state index in [1.807, 2.05) is 6.92 Å². The summed E-state index contributed by atoms with van der Waals surface area (Å²) < 4.78 is 0. The van der Waals surface area contributed by atoms with Gasteiger partial charge in [0, 0.05) is 30.8 Å². The van der Waals surface area contributed by atoms with E-state index in [1.54, 1.807) is 47.8 Å². The van der Waals surface area contributed by atoms with Crippen LogP contribution in [0.4, 0.5) is 5.69 Å². The summed E-state index contributed by atoms with van der Waals surface area (Å²) in [4.78, 5) is 21.9. The number of pyridine rings is 2. The second-order valence-electron chi connectivity index (χ2n) is 3.60. The molecule has 0 aliphatic rings. The number of nitrogens with zero attached hydrogens (tertiary/aromatic N) is 3. The maximum absolute atomic E-state index is 12.4. The van der Waals surface area contributed by atoms with Crippen LogP contribution in [-0.2, 0) is 0 Å². The van der Waals surface area contributed by atoms with Gasteiger partial charge in [-0.1, -0.05) is 11.6 Å². The van der Waals surface area contributed by atoms with E-state index in [-0.39, 0.29) is 11.1 Å². The van der Waals surface area contributed by atoms with Crippen molar-refractivity contribution in [1.29, 1.82) is 0 Å². The van der Waals surface area contributed by atoms with Gasteiger partial charge in [0.05, 0.1) is 5.56 Å². The molecule has 2 aromatic heterocycles. The lowest BCUT2D eigenvalue weighted by atomic mass is 10.2. The van der Waals surface area contributed by atoms with Gasteiger partial charge in [-0.2, -0.15) is 0 Å². The molecular weight excluding hydrogens is 250 g/mol. The number of halogens is 1. The molecule has 0 aliphatic heterocycles.